The molecular weight excluding hydrogens is 260 g/mol. The van der Waals surface area contributed by atoms with E-state index < -0.39 is 30.4 Å². The topological polar surface area (TPSA) is 134 Å². The summed E-state index contributed by atoms with van der Waals surface area (Å²) in [5.41, 5.74) is 0. The molecule has 2 atom stereocenters. The molecule has 0 radical (unpaired) electrons. The summed E-state index contributed by atoms with van der Waals surface area (Å²) in [6, 6.07) is -2.27. The van der Waals surface area contributed by atoms with Crippen molar-refractivity contribution in [1.29, 1.82) is 0 Å². The number of ether oxygens (including phenoxy) is 2. The van der Waals surface area contributed by atoms with E-state index in [-0.39, 0.29) is 19.3 Å². The van der Waals surface area contributed by atoms with E-state index in [0.717, 1.165) is 0 Å². The molecular formula is C10H18N2O7. The van der Waals surface area contributed by atoms with Crippen molar-refractivity contribution in [2.45, 2.75) is 18.6 Å². The standard InChI is InChI=1S/C10H18N2O7/c1-18-5-6(19-2)4-11-10(17)12-7(9(15)16)3-8(13)14/h6-7H,3-5H2,1-2H3,(H,13,14)(H,15,16)(H2,11,12,17)/t6?,7-/m0/s1. The second kappa shape index (κ2) is 9.11. The van der Waals surface area contributed by atoms with Gasteiger partial charge in [-0.3, -0.25) is 4.79 Å². The largest absolute Gasteiger partial charge is 0.481 e. The monoisotopic (exact) mass is 278 g/mol. The average Bonchev–Trinajstić information content (AvgIpc) is 2.32. The molecule has 0 bridgehead atoms. The lowest BCUT2D eigenvalue weighted by Gasteiger charge is -2.17. The van der Waals surface area contributed by atoms with E-state index in [1.165, 1.54) is 14.2 Å². The number of urea groups is 1. The maximum absolute atomic E-state index is 11.4. The molecule has 0 aromatic rings. The first-order valence-electron chi connectivity index (χ1n) is 5.41. The van der Waals surface area contributed by atoms with E-state index in [0.29, 0.717) is 0 Å². The summed E-state index contributed by atoms with van der Waals surface area (Å²) in [6.45, 7) is 0.365. The van der Waals surface area contributed by atoms with E-state index in [1.54, 1.807) is 0 Å². The summed E-state index contributed by atoms with van der Waals surface area (Å²) in [5, 5.41) is 21.6. The van der Waals surface area contributed by atoms with Crippen LogP contribution in [0.15, 0.2) is 0 Å². The van der Waals surface area contributed by atoms with Crippen molar-refractivity contribution < 1.29 is 34.1 Å². The van der Waals surface area contributed by atoms with Gasteiger partial charge in [-0.05, 0) is 0 Å². The smallest absolute Gasteiger partial charge is 0.326 e. The Morgan fingerprint density at radius 3 is 2.26 bits per heavy atom. The number of hydrogen-bond acceptors (Lipinski definition) is 5. The molecule has 0 aromatic carbocycles. The minimum absolute atomic E-state index is 0.107. The molecule has 4 N–H and O–H groups in total. The number of amides is 2. The minimum atomic E-state index is -1.49. The van der Waals surface area contributed by atoms with Gasteiger partial charge in [-0.1, -0.05) is 0 Å². The maximum atomic E-state index is 11.4. The van der Waals surface area contributed by atoms with Crippen molar-refractivity contribution in [1.82, 2.24) is 10.6 Å². The summed E-state index contributed by atoms with van der Waals surface area (Å²) in [4.78, 5) is 32.5. The highest BCUT2D eigenvalue weighted by Crippen LogP contribution is 1.93. The van der Waals surface area contributed by atoms with Gasteiger partial charge in [0.1, 0.15) is 6.04 Å². The predicted octanol–water partition coefficient (Wildman–Crippen LogP) is -1.13. The summed E-state index contributed by atoms with van der Waals surface area (Å²) < 4.78 is 9.81. The van der Waals surface area contributed by atoms with Crippen molar-refractivity contribution in [2.24, 2.45) is 0 Å². The molecule has 0 aromatic heterocycles. The number of aliphatic carboxylic acids is 2. The van der Waals surface area contributed by atoms with E-state index in [2.05, 4.69) is 5.32 Å². The first-order chi connectivity index (χ1) is 8.90. The van der Waals surface area contributed by atoms with Crippen molar-refractivity contribution in [3.63, 3.8) is 0 Å². The summed E-state index contributed by atoms with van der Waals surface area (Å²) in [7, 11) is 2.91. The lowest BCUT2D eigenvalue weighted by Crippen LogP contribution is -2.49. The Balaban J connectivity index is 4.19. The third kappa shape index (κ3) is 7.95. The number of rotatable bonds is 9. The van der Waals surface area contributed by atoms with Crippen LogP contribution in [-0.2, 0) is 19.1 Å². The fourth-order valence-electron chi connectivity index (χ4n) is 1.19. The lowest BCUT2D eigenvalue weighted by molar-refractivity contribution is -0.145. The first kappa shape index (κ1) is 17.1. The quantitative estimate of drug-likeness (QED) is 0.419. The van der Waals surface area contributed by atoms with Gasteiger partial charge in [-0.25, -0.2) is 9.59 Å². The highest BCUT2D eigenvalue weighted by Gasteiger charge is 2.23. The maximum Gasteiger partial charge on any atom is 0.326 e. The molecule has 0 aliphatic carbocycles. The molecule has 0 aliphatic rings. The van der Waals surface area contributed by atoms with Crippen LogP contribution in [0, 0.1) is 0 Å². The van der Waals surface area contributed by atoms with Crippen molar-refractivity contribution in [3.05, 3.63) is 0 Å². The van der Waals surface area contributed by atoms with E-state index in [1.807, 2.05) is 5.32 Å². The number of nitrogens with one attached hydrogen (secondary N) is 2. The van der Waals surface area contributed by atoms with Crippen LogP contribution in [0.3, 0.4) is 0 Å². The predicted molar refractivity (Wildman–Crippen MR) is 62.9 cm³/mol. The van der Waals surface area contributed by atoms with E-state index in [4.69, 9.17) is 19.7 Å². The van der Waals surface area contributed by atoms with E-state index >= 15 is 0 Å². The molecule has 0 rings (SSSR count). The number of hydrogen-bond donors (Lipinski definition) is 4. The number of carboxylic acids is 2. The van der Waals surface area contributed by atoms with Crippen LogP contribution >= 0.6 is 0 Å². The molecule has 0 fully saturated rings. The van der Waals surface area contributed by atoms with Crippen molar-refractivity contribution in [3.8, 4) is 0 Å². The van der Waals surface area contributed by atoms with Crippen LogP contribution in [0.5, 0.6) is 0 Å². The molecule has 0 saturated carbocycles. The zero-order chi connectivity index (χ0) is 14.8. The van der Waals surface area contributed by atoms with Gasteiger partial charge in [0.05, 0.1) is 19.1 Å². The van der Waals surface area contributed by atoms with Gasteiger partial charge in [0.25, 0.3) is 0 Å². The summed E-state index contributed by atoms with van der Waals surface area (Å²) in [6.07, 6.45) is -1.08. The van der Waals surface area contributed by atoms with E-state index in [9.17, 15) is 14.4 Å². The van der Waals surface area contributed by atoms with Crippen LogP contribution in [0.25, 0.3) is 0 Å². The number of methoxy groups -OCH3 is 2. The molecule has 0 saturated heterocycles. The Hall–Kier alpha value is -1.87. The zero-order valence-corrected chi connectivity index (χ0v) is 10.7. The van der Waals surface area contributed by atoms with Crippen LogP contribution in [0.4, 0.5) is 4.79 Å². The van der Waals surface area contributed by atoms with Crippen molar-refractivity contribution in [2.75, 3.05) is 27.4 Å². The van der Waals surface area contributed by atoms with Gasteiger partial charge in [-0.2, -0.15) is 0 Å². The molecule has 9 heteroatoms. The summed E-state index contributed by atoms with van der Waals surface area (Å²) >= 11 is 0. The zero-order valence-electron chi connectivity index (χ0n) is 10.7. The molecule has 2 amide bonds. The Bertz CT molecular complexity index is 321. The van der Waals surface area contributed by atoms with Gasteiger partial charge in [0.2, 0.25) is 0 Å². The van der Waals surface area contributed by atoms with Gasteiger partial charge < -0.3 is 30.3 Å². The molecule has 0 spiro atoms. The summed E-state index contributed by atoms with van der Waals surface area (Å²) in [5.74, 6) is -2.74. The molecule has 0 heterocycles. The fourth-order valence-corrected chi connectivity index (χ4v) is 1.19. The van der Waals surface area contributed by atoms with Crippen LogP contribution in [0.2, 0.25) is 0 Å². The molecule has 1 unspecified atom stereocenters. The highest BCUT2D eigenvalue weighted by molar-refractivity contribution is 5.86. The molecule has 19 heavy (non-hydrogen) atoms. The lowest BCUT2D eigenvalue weighted by atomic mass is 10.2. The second-order valence-corrected chi connectivity index (χ2v) is 3.66. The first-order valence-corrected chi connectivity index (χ1v) is 5.41. The van der Waals surface area contributed by atoms with Crippen LogP contribution in [0.1, 0.15) is 6.42 Å². The average molecular weight is 278 g/mol. The molecule has 110 valence electrons. The third-order valence-corrected chi connectivity index (χ3v) is 2.16. The third-order valence-electron chi connectivity index (χ3n) is 2.16. The normalized spacial score (nSPS) is 13.4. The Labute approximate surface area is 109 Å². The SMILES string of the molecule is COCC(CNC(=O)N[C@@H](CC(=O)O)C(=O)O)OC. The van der Waals surface area contributed by atoms with Crippen LogP contribution in [-0.4, -0.2) is 67.7 Å². The Kier molecular flexibility index (Phi) is 8.22. The minimum Gasteiger partial charge on any atom is -0.481 e. The molecule has 0 aliphatic heterocycles. The van der Waals surface area contributed by atoms with Gasteiger partial charge in [0, 0.05) is 20.8 Å². The molecule has 9 nitrogen and oxygen atoms in total. The number of carbonyl (C=O) groups is 3. The van der Waals surface area contributed by atoms with Gasteiger partial charge in [0.15, 0.2) is 0 Å². The number of carboxylic acid groups (broad SMARTS) is 2. The van der Waals surface area contributed by atoms with Gasteiger partial charge >= 0.3 is 18.0 Å². The van der Waals surface area contributed by atoms with Crippen LogP contribution < -0.4 is 10.6 Å². The second-order valence-electron chi connectivity index (χ2n) is 3.66. The Morgan fingerprint density at radius 2 is 1.84 bits per heavy atom. The number of carbonyl (C=O) groups excluding carboxylic acids is 1. The van der Waals surface area contributed by atoms with Gasteiger partial charge in [-0.15, -0.1) is 0 Å². The van der Waals surface area contributed by atoms with Crippen molar-refractivity contribution >= 4 is 18.0 Å². The Morgan fingerprint density at radius 1 is 1.21 bits per heavy atom. The highest BCUT2D eigenvalue weighted by atomic mass is 16.5. The fraction of sp³-hybridized carbons (Fsp3) is 0.700.